The normalized spacial score (nSPS) is 11.9. The third kappa shape index (κ3) is 10.2. The number of guanidine groups is 1. The van der Waals surface area contributed by atoms with Crippen LogP contribution in [-0.4, -0.2) is 63.4 Å². The van der Waals surface area contributed by atoms with Crippen LogP contribution in [0.5, 0.6) is 5.75 Å². The molecular formula is C20H37IN4O2. The largest absolute Gasteiger partial charge is 0.492 e. The predicted molar refractivity (Wildman–Crippen MR) is 124 cm³/mol. The van der Waals surface area contributed by atoms with E-state index in [1.165, 1.54) is 0 Å². The van der Waals surface area contributed by atoms with Crippen LogP contribution in [0.15, 0.2) is 29.3 Å². The van der Waals surface area contributed by atoms with Gasteiger partial charge in [-0.3, -0.25) is 4.99 Å². The van der Waals surface area contributed by atoms with E-state index in [1.54, 1.807) is 14.2 Å². The van der Waals surface area contributed by atoms with Crippen LogP contribution >= 0.6 is 24.0 Å². The molecule has 0 unspecified atom stereocenters. The third-order valence-electron chi connectivity index (χ3n) is 4.44. The number of ether oxygens (including phenoxy) is 2. The first-order valence-electron chi connectivity index (χ1n) is 9.38. The number of aliphatic imine (C=N–C) groups is 1. The van der Waals surface area contributed by atoms with Crippen molar-refractivity contribution in [2.45, 2.75) is 39.8 Å². The molecule has 0 radical (unpaired) electrons. The lowest BCUT2D eigenvalue weighted by atomic mass is 10.1. The molecule has 0 fully saturated rings. The Balaban J connectivity index is 0.00000676. The molecule has 1 aromatic carbocycles. The van der Waals surface area contributed by atoms with E-state index in [2.05, 4.69) is 40.4 Å². The number of nitrogens with one attached hydrogen (secondary N) is 2. The smallest absolute Gasteiger partial charge is 0.191 e. The van der Waals surface area contributed by atoms with Gasteiger partial charge >= 0.3 is 0 Å². The molecule has 7 heteroatoms. The second-order valence-corrected chi connectivity index (χ2v) is 6.73. The number of hydrogen-bond acceptors (Lipinski definition) is 4. The van der Waals surface area contributed by atoms with Gasteiger partial charge in [-0.1, -0.05) is 32.0 Å². The van der Waals surface area contributed by atoms with Crippen LogP contribution in [0, 0.1) is 0 Å². The van der Waals surface area contributed by atoms with E-state index in [1.807, 2.05) is 32.0 Å². The van der Waals surface area contributed by atoms with Crippen molar-refractivity contribution in [2.24, 2.45) is 4.99 Å². The van der Waals surface area contributed by atoms with Gasteiger partial charge in [0, 0.05) is 39.4 Å². The van der Waals surface area contributed by atoms with Gasteiger partial charge in [0.1, 0.15) is 12.4 Å². The minimum Gasteiger partial charge on any atom is -0.492 e. The van der Waals surface area contributed by atoms with Gasteiger partial charge in [-0.15, -0.1) is 24.0 Å². The molecule has 0 aliphatic rings. The fourth-order valence-corrected chi connectivity index (χ4v) is 2.38. The van der Waals surface area contributed by atoms with Crippen molar-refractivity contribution in [1.29, 1.82) is 0 Å². The van der Waals surface area contributed by atoms with Crippen molar-refractivity contribution in [1.82, 2.24) is 15.5 Å². The maximum atomic E-state index is 6.01. The van der Waals surface area contributed by atoms with Crippen molar-refractivity contribution in [3.8, 4) is 5.75 Å². The van der Waals surface area contributed by atoms with Crippen LogP contribution in [0.3, 0.4) is 0 Å². The summed E-state index contributed by atoms with van der Waals surface area (Å²) in [6.07, 6.45) is 0. The first-order chi connectivity index (χ1) is 12.5. The highest BCUT2D eigenvalue weighted by atomic mass is 127. The second kappa shape index (κ2) is 14.0. The molecule has 0 saturated heterocycles. The lowest BCUT2D eigenvalue weighted by molar-refractivity contribution is 0.0268. The summed E-state index contributed by atoms with van der Waals surface area (Å²) in [5.41, 5.74) is 0.865. The quantitative estimate of drug-likeness (QED) is 0.283. The number of nitrogens with zero attached hydrogens (tertiary/aromatic N) is 2. The van der Waals surface area contributed by atoms with Gasteiger partial charge in [-0.25, -0.2) is 0 Å². The Morgan fingerprint density at radius 3 is 2.41 bits per heavy atom. The minimum absolute atomic E-state index is 0. The molecule has 0 aliphatic carbocycles. The maximum absolute atomic E-state index is 6.01. The van der Waals surface area contributed by atoms with Crippen LogP contribution in [0.4, 0.5) is 0 Å². The number of hydrogen-bond donors (Lipinski definition) is 2. The van der Waals surface area contributed by atoms with E-state index < -0.39 is 0 Å². The minimum atomic E-state index is -0.247. The van der Waals surface area contributed by atoms with E-state index in [0.29, 0.717) is 19.7 Å². The van der Waals surface area contributed by atoms with Gasteiger partial charge in [-0.05, 0) is 33.0 Å². The van der Waals surface area contributed by atoms with Crippen molar-refractivity contribution >= 4 is 29.9 Å². The van der Waals surface area contributed by atoms with Gasteiger partial charge in [0.15, 0.2) is 5.96 Å². The monoisotopic (exact) mass is 492 g/mol. The zero-order chi connectivity index (χ0) is 19.4. The number of benzene rings is 1. The van der Waals surface area contributed by atoms with Crippen molar-refractivity contribution < 1.29 is 9.47 Å². The third-order valence-corrected chi connectivity index (χ3v) is 4.44. The average Bonchev–Trinajstić information content (AvgIpc) is 2.66. The molecule has 156 valence electrons. The van der Waals surface area contributed by atoms with Gasteiger partial charge < -0.3 is 25.0 Å². The summed E-state index contributed by atoms with van der Waals surface area (Å²) in [4.78, 5) is 6.62. The number of para-hydroxylation sites is 1. The molecule has 0 heterocycles. The van der Waals surface area contributed by atoms with E-state index in [-0.39, 0.29) is 29.6 Å². The van der Waals surface area contributed by atoms with Gasteiger partial charge in [0.2, 0.25) is 0 Å². The molecule has 0 saturated carbocycles. The van der Waals surface area contributed by atoms with Gasteiger partial charge in [-0.2, -0.15) is 0 Å². The molecule has 1 rings (SSSR count). The summed E-state index contributed by atoms with van der Waals surface area (Å²) in [6, 6.07) is 8.12. The summed E-state index contributed by atoms with van der Waals surface area (Å²) in [5, 5.41) is 6.63. The van der Waals surface area contributed by atoms with Crippen LogP contribution in [0.2, 0.25) is 0 Å². The van der Waals surface area contributed by atoms with Gasteiger partial charge in [0.25, 0.3) is 0 Å². The first-order valence-corrected chi connectivity index (χ1v) is 9.38. The zero-order valence-corrected chi connectivity index (χ0v) is 20.0. The number of halogens is 1. The first kappa shape index (κ1) is 25.9. The van der Waals surface area contributed by atoms with Crippen LogP contribution in [0.25, 0.3) is 0 Å². The highest BCUT2D eigenvalue weighted by Gasteiger charge is 2.16. The lowest BCUT2D eigenvalue weighted by Gasteiger charge is -2.24. The summed E-state index contributed by atoms with van der Waals surface area (Å²) < 4.78 is 11.4. The maximum Gasteiger partial charge on any atom is 0.191 e. The summed E-state index contributed by atoms with van der Waals surface area (Å²) in [6.45, 7) is 13.4. The molecule has 0 bridgehead atoms. The molecule has 27 heavy (non-hydrogen) atoms. The predicted octanol–water partition coefficient (Wildman–Crippen LogP) is 3.12. The molecule has 0 spiro atoms. The van der Waals surface area contributed by atoms with E-state index in [4.69, 9.17) is 9.47 Å². The number of likely N-dealkylation sites (N-methyl/N-ethyl adjacent to an activating group) is 1. The van der Waals surface area contributed by atoms with Crippen molar-refractivity contribution in [3.05, 3.63) is 29.8 Å². The van der Waals surface area contributed by atoms with Gasteiger partial charge in [0.05, 0.1) is 5.60 Å². The Hall–Kier alpha value is -1.06. The molecular weight excluding hydrogens is 455 g/mol. The fourth-order valence-electron chi connectivity index (χ4n) is 2.38. The van der Waals surface area contributed by atoms with E-state index in [0.717, 1.165) is 36.9 Å². The lowest BCUT2D eigenvalue weighted by Crippen LogP contribution is -2.45. The highest BCUT2D eigenvalue weighted by molar-refractivity contribution is 14.0. The summed E-state index contributed by atoms with van der Waals surface area (Å²) >= 11 is 0. The summed E-state index contributed by atoms with van der Waals surface area (Å²) in [5.74, 6) is 1.66. The fraction of sp³-hybridized carbons (Fsp3) is 0.650. The molecule has 1 aromatic rings. The second-order valence-electron chi connectivity index (χ2n) is 6.73. The number of methoxy groups -OCH3 is 1. The van der Waals surface area contributed by atoms with Crippen molar-refractivity contribution in [2.75, 3.05) is 46.9 Å². The Morgan fingerprint density at radius 1 is 1.15 bits per heavy atom. The zero-order valence-electron chi connectivity index (χ0n) is 17.7. The number of rotatable bonds is 11. The standard InChI is InChI=1S/C20H36N4O2.HI/c1-7-24(8-2)13-14-26-18-12-10-9-11-17(18)15-22-19(21-5)23-16-20(3,4)25-6;/h9-12H,7-8,13-16H2,1-6H3,(H2,21,22,23);1H. The van der Waals surface area contributed by atoms with E-state index >= 15 is 0 Å². The van der Waals surface area contributed by atoms with Crippen LogP contribution < -0.4 is 15.4 Å². The van der Waals surface area contributed by atoms with E-state index in [9.17, 15) is 0 Å². The Labute approximate surface area is 182 Å². The highest BCUT2D eigenvalue weighted by Crippen LogP contribution is 2.17. The average molecular weight is 492 g/mol. The Morgan fingerprint density at radius 2 is 1.81 bits per heavy atom. The SMILES string of the molecule is CCN(CC)CCOc1ccccc1CNC(=NC)NCC(C)(C)OC.I. The van der Waals surface area contributed by atoms with Crippen molar-refractivity contribution in [3.63, 3.8) is 0 Å². The summed E-state index contributed by atoms with van der Waals surface area (Å²) in [7, 11) is 3.48. The molecule has 0 atom stereocenters. The molecule has 2 N–H and O–H groups in total. The topological polar surface area (TPSA) is 58.1 Å². The molecule has 0 amide bonds. The van der Waals surface area contributed by atoms with Crippen LogP contribution in [-0.2, 0) is 11.3 Å². The Bertz CT molecular complexity index is 549. The molecule has 0 aliphatic heterocycles. The Kier molecular flexibility index (Phi) is 13.5. The molecule has 0 aromatic heterocycles. The van der Waals surface area contributed by atoms with Crippen LogP contribution in [0.1, 0.15) is 33.3 Å². The molecule has 6 nitrogen and oxygen atoms in total.